The van der Waals surface area contributed by atoms with E-state index < -0.39 is 11.7 Å². The largest absolute Gasteiger partial charge is 0.416 e. The first-order chi connectivity index (χ1) is 6.36. The summed E-state index contributed by atoms with van der Waals surface area (Å²) in [5, 5.41) is 6.89. The number of nitrogen functional groups attached to an aromatic ring is 2. The van der Waals surface area contributed by atoms with E-state index in [0.717, 1.165) is 18.3 Å². The van der Waals surface area contributed by atoms with Crippen LogP contribution in [0.1, 0.15) is 11.1 Å². The van der Waals surface area contributed by atoms with Gasteiger partial charge in [0, 0.05) is 23.2 Å². The highest BCUT2D eigenvalue weighted by molar-refractivity contribution is 5.92. The van der Waals surface area contributed by atoms with Gasteiger partial charge in [-0.1, -0.05) is 0 Å². The van der Waals surface area contributed by atoms with E-state index in [9.17, 15) is 13.2 Å². The summed E-state index contributed by atoms with van der Waals surface area (Å²) < 4.78 is 36.6. The third kappa shape index (κ3) is 1.78. The van der Waals surface area contributed by atoms with E-state index in [1.54, 1.807) is 0 Å². The molecule has 0 radical (unpaired) electrons. The first-order valence-electron chi connectivity index (χ1n) is 3.63. The summed E-state index contributed by atoms with van der Waals surface area (Å²) in [6.45, 7) is 0. The van der Waals surface area contributed by atoms with Crippen LogP contribution in [0.2, 0.25) is 0 Å². The summed E-state index contributed by atoms with van der Waals surface area (Å²) in [6, 6.07) is 1.52. The molecule has 14 heavy (non-hydrogen) atoms. The number of rotatable bonds is 1. The van der Waals surface area contributed by atoms with Crippen LogP contribution in [0.5, 0.6) is 0 Å². The fourth-order valence-electron chi connectivity index (χ4n) is 1.03. The number of hydrogen-bond acceptors (Lipinski definition) is 3. The van der Waals surface area contributed by atoms with Crippen molar-refractivity contribution in [3.63, 3.8) is 0 Å². The second-order valence-electron chi connectivity index (χ2n) is 2.71. The maximum absolute atomic E-state index is 12.2. The van der Waals surface area contributed by atoms with Crippen molar-refractivity contribution in [2.45, 2.75) is 6.18 Å². The Bertz CT molecular complexity index is 348. The molecule has 0 aromatic heterocycles. The van der Waals surface area contributed by atoms with Gasteiger partial charge in [-0.15, -0.1) is 0 Å². The van der Waals surface area contributed by atoms with E-state index >= 15 is 0 Å². The molecule has 0 amide bonds. The van der Waals surface area contributed by atoms with E-state index in [4.69, 9.17) is 16.9 Å². The van der Waals surface area contributed by atoms with Gasteiger partial charge >= 0.3 is 6.18 Å². The molecule has 0 bridgehead atoms. The van der Waals surface area contributed by atoms with Gasteiger partial charge in [-0.25, -0.2) is 0 Å². The Balaban J connectivity index is 3.35. The lowest BCUT2D eigenvalue weighted by Gasteiger charge is -2.10. The van der Waals surface area contributed by atoms with Crippen LogP contribution < -0.4 is 11.5 Å². The standard InChI is InChI=1S/C8H8F3N3/c9-8(10,11)4-1-6(13)5(3-12)7(14)2-4/h1-3,12H,13-14H2. The second-order valence-corrected chi connectivity index (χ2v) is 2.71. The predicted molar refractivity (Wildman–Crippen MR) is 48.2 cm³/mol. The fourth-order valence-corrected chi connectivity index (χ4v) is 1.03. The van der Waals surface area contributed by atoms with E-state index in [-0.39, 0.29) is 16.9 Å². The van der Waals surface area contributed by atoms with Crippen LogP contribution in [-0.4, -0.2) is 6.21 Å². The van der Waals surface area contributed by atoms with Gasteiger partial charge in [0.15, 0.2) is 0 Å². The molecule has 0 fully saturated rings. The van der Waals surface area contributed by atoms with Crippen LogP contribution in [-0.2, 0) is 6.18 Å². The van der Waals surface area contributed by atoms with Gasteiger partial charge in [0.2, 0.25) is 0 Å². The van der Waals surface area contributed by atoms with Crippen molar-refractivity contribution >= 4 is 17.6 Å². The van der Waals surface area contributed by atoms with Crippen LogP contribution in [0.15, 0.2) is 12.1 Å². The highest BCUT2D eigenvalue weighted by Gasteiger charge is 2.31. The SMILES string of the molecule is N=Cc1c(N)cc(C(F)(F)F)cc1N. The molecule has 1 rings (SSSR count). The normalized spacial score (nSPS) is 11.4. The predicted octanol–water partition coefficient (Wildman–Crippen LogP) is 1.87. The van der Waals surface area contributed by atoms with Gasteiger partial charge in [-0.2, -0.15) is 13.2 Å². The number of alkyl halides is 3. The van der Waals surface area contributed by atoms with Crippen LogP contribution in [0.4, 0.5) is 24.5 Å². The van der Waals surface area contributed by atoms with Crippen molar-refractivity contribution < 1.29 is 13.2 Å². The lowest BCUT2D eigenvalue weighted by molar-refractivity contribution is -0.137. The minimum atomic E-state index is -4.47. The molecule has 6 heteroatoms. The average Bonchev–Trinajstić information content (AvgIpc) is 2.01. The van der Waals surface area contributed by atoms with Crippen LogP contribution in [0.25, 0.3) is 0 Å². The van der Waals surface area contributed by atoms with E-state index in [0.29, 0.717) is 0 Å². The summed E-state index contributed by atoms with van der Waals surface area (Å²) in [4.78, 5) is 0. The Kier molecular flexibility index (Phi) is 2.37. The fraction of sp³-hybridized carbons (Fsp3) is 0.125. The van der Waals surface area contributed by atoms with Crippen molar-refractivity contribution in [3.05, 3.63) is 23.3 Å². The van der Waals surface area contributed by atoms with Crippen LogP contribution in [0.3, 0.4) is 0 Å². The summed E-state index contributed by atoms with van der Waals surface area (Å²) in [5.41, 5.74) is 9.51. The second kappa shape index (κ2) is 3.21. The third-order valence-electron chi connectivity index (χ3n) is 1.72. The third-order valence-corrected chi connectivity index (χ3v) is 1.72. The summed E-state index contributed by atoms with van der Waals surface area (Å²) in [7, 11) is 0. The Morgan fingerprint density at radius 3 is 1.86 bits per heavy atom. The topological polar surface area (TPSA) is 75.9 Å². The van der Waals surface area contributed by atoms with Crippen molar-refractivity contribution in [1.29, 1.82) is 5.41 Å². The lowest BCUT2D eigenvalue weighted by atomic mass is 10.1. The number of nitrogens with two attached hydrogens (primary N) is 2. The maximum Gasteiger partial charge on any atom is 0.416 e. The highest BCUT2D eigenvalue weighted by Crippen LogP contribution is 2.33. The van der Waals surface area contributed by atoms with Crippen molar-refractivity contribution in [2.24, 2.45) is 0 Å². The zero-order valence-corrected chi connectivity index (χ0v) is 7.02. The maximum atomic E-state index is 12.2. The molecule has 0 aliphatic heterocycles. The number of halogens is 3. The van der Waals surface area contributed by atoms with Crippen molar-refractivity contribution in [3.8, 4) is 0 Å². The van der Waals surface area contributed by atoms with Gasteiger partial charge in [-0.05, 0) is 12.1 Å². The first-order valence-corrected chi connectivity index (χ1v) is 3.63. The van der Waals surface area contributed by atoms with Crippen molar-refractivity contribution in [2.75, 3.05) is 11.5 Å². The van der Waals surface area contributed by atoms with Crippen LogP contribution >= 0.6 is 0 Å². The zero-order chi connectivity index (χ0) is 10.9. The average molecular weight is 203 g/mol. The molecule has 3 nitrogen and oxygen atoms in total. The highest BCUT2D eigenvalue weighted by atomic mass is 19.4. The number of anilines is 2. The molecule has 0 spiro atoms. The minimum Gasteiger partial charge on any atom is -0.398 e. The first kappa shape index (κ1) is 10.4. The summed E-state index contributed by atoms with van der Waals surface area (Å²) in [6.07, 6.45) is -3.65. The Hall–Kier alpha value is -1.72. The molecule has 0 saturated heterocycles. The van der Waals surface area contributed by atoms with Gasteiger partial charge < -0.3 is 16.9 Å². The molecule has 0 aliphatic rings. The number of hydrogen-bond donors (Lipinski definition) is 3. The van der Waals surface area contributed by atoms with Crippen LogP contribution in [0, 0.1) is 5.41 Å². The van der Waals surface area contributed by atoms with E-state index in [2.05, 4.69) is 0 Å². The van der Waals surface area contributed by atoms with Gasteiger partial charge in [0.1, 0.15) is 0 Å². The monoisotopic (exact) mass is 203 g/mol. The van der Waals surface area contributed by atoms with E-state index in [1.165, 1.54) is 0 Å². The number of benzene rings is 1. The molecule has 0 unspecified atom stereocenters. The Labute approximate surface area is 78.0 Å². The minimum absolute atomic E-state index is 0.109. The molecule has 1 aromatic carbocycles. The molecular weight excluding hydrogens is 195 g/mol. The molecule has 76 valence electrons. The number of nitrogens with one attached hydrogen (secondary N) is 1. The molecule has 0 aliphatic carbocycles. The summed E-state index contributed by atoms with van der Waals surface area (Å²) in [5.74, 6) is 0. The quantitative estimate of drug-likeness (QED) is 0.481. The molecule has 5 N–H and O–H groups in total. The zero-order valence-electron chi connectivity index (χ0n) is 7.02. The molecular formula is C8H8F3N3. The van der Waals surface area contributed by atoms with Gasteiger partial charge in [-0.3, -0.25) is 0 Å². The van der Waals surface area contributed by atoms with E-state index in [1.807, 2.05) is 0 Å². The molecule has 0 saturated carbocycles. The van der Waals surface area contributed by atoms with Gasteiger partial charge in [0.25, 0.3) is 0 Å². The Morgan fingerprint density at radius 2 is 1.57 bits per heavy atom. The molecule has 0 heterocycles. The smallest absolute Gasteiger partial charge is 0.398 e. The lowest BCUT2D eigenvalue weighted by Crippen LogP contribution is -2.09. The van der Waals surface area contributed by atoms with Crippen molar-refractivity contribution in [1.82, 2.24) is 0 Å². The summed E-state index contributed by atoms with van der Waals surface area (Å²) >= 11 is 0. The Morgan fingerprint density at radius 1 is 1.14 bits per heavy atom. The molecule has 0 atom stereocenters. The molecule has 1 aromatic rings. The van der Waals surface area contributed by atoms with Gasteiger partial charge in [0.05, 0.1) is 5.56 Å².